The van der Waals surface area contributed by atoms with E-state index in [0.717, 1.165) is 38.8 Å². The first-order valence-corrected chi connectivity index (χ1v) is 12.7. The Kier molecular flexibility index (Phi) is 7.78. The summed E-state index contributed by atoms with van der Waals surface area (Å²) >= 11 is 0. The molecule has 3 rings (SSSR count). The third-order valence-corrected chi connectivity index (χ3v) is 6.39. The fraction of sp³-hybridized carbons (Fsp3) is 0.280. The third kappa shape index (κ3) is 6.05. The Bertz CT molecular complexity index is 1290. The molecule has 180 valence electrons. The van der Waals surface area contributed by atoms with Gasteiger partial charge < -0.3 is 9.30 Å². The molecule has 0 bridgehead atoms. The number of ether oxygens (including phenoxy) is 1. The molecule has 0 aliphatic carbocycles. The number of hydrogen-bond acceptors (Lipinski definition) is 5. The number of aryl methyl sites for hydroxylation is 2. The summed E-state index contributed by atoms with van der Waals surface area (Å²) in [6.07, 6.45) is 2.62. The molecule has 0 saturated carbocycles. The maximum Gasteiger partial charge on any atom is 0.260 e. The quantitative estimate of drug-likeness (QED) is 0.372. The molecule has 0 spiro atoms. The smallest absolute Gasteiger partial charge is 0.260 e. The number of nitrogens with one attached hydrogen (secondary N) is 1. The first kappa shape index (κ1) is 25.0. The van der Waals surface area contributed by atoms with Crippen LogP contribution in [0.25, 0.3) is 5.69 Å². The van der Waals surface area contributed by atoms with Crippen LogP contribution in [0.5, 0.6) is 5.75 Å². The largest absolute Gasteiger partial charge is 0.494 e. The molecule has 0 saturated heterocycles. The summed E-state index contributed by atoms with van der Waals surface area (Å²) in [6.45, 7) is 8.00. The Hall–Kier alpha value is -3.59. The molecule has 0 unspecified atom stereocenters. The van der Waals surface area contributed by atoms with E-state index in [1.54, 1.807) is 30.5 Å². The third-order valence-electron chi connectivity index (χ3n) is 5.25. The van der Waals surface area contributed by atoms with Crippen LogP contribution in [0, 0.1) is 20.8 Å². The van der Waals surface area contributed by atoms with Gasteiger partial charge in [-0.2, -0.15) is 5.10 Å². The van der Waals surface area contributed by atoms with Crippen molar-refractivity contribution in [2.24, 2.45) is 5.10 Å². The summed E-state index contributed by atoms with van der Waals surface area (Å²) < 4.78 is 33.1. The molecule has 0 aliphatic rings. The number of amides is 1. The van der Waals surface area contributed by atoms with Crippen LogP contribution in [0.1, 0.15) is 29.4 Å². The second-order valence-electron chi connectivity index (χ2n) is 7.99. The summed E-state index contributed by atoms with van der Waals surface area (Å²) in [7, 11) is -3.68. The van der Waals surface area contributed by atoms with Crippen LogP contribution in [0.2, 0.25) is 0 Å². The Morgan fingerprint density at radius 1 is 1.12 bits per heavy atom. The van der Waals surface area contributed by atoms with Crippen molar-refractivity contribution in [1.29, 1.82) is 0 Å². The van der Waals surface area contributed by atoms with Gasteiger partial charge in [-0.05, 0) is 75.7 Å². The summed E-state index contributed by atoms with van der Waals surface area (Å²) in [6, 6.07) is 16.7. The molecule has 2 aromatic carbocycles. The second kappa shape index (κ2) is 10.6. The topological polar surface area (TPSA) is 93.0 Å². The number of aromatic nitrogens is 1. The monoisotopic (exact) mass is 482 g/mol. The van der Waals surface area contributed by atoms with Crippen molar-refractivity contribution in [3.8, 4) is 11.4 Å². The molecule has 1 heterocycles. The lowest BCUT2D eigenvalue weighted by Crippen LogP contribution is -2.39. The summed E-state index contributed by atoms with van der Waals surface area (Å²) in [4.78, 5) is 12.5. The lowest BCUT2D eigenvalue weighted by atomic mass is 10.2. The van der Waals surface area contributed by atoms with Gasteiger partial charge in [0, 0.05) is 22.6 Å². The van der Waals surface area contributed by atoms with Gasteiger partial charge >= 0.3 is 0 Å². The van der Waals surface area contributed by atoms with Crippen molar-refractivity contribution < 1.29 is 17.9 Å². The molecule has 1 N–H and O–H groups in total. The predicted molar refractivity (Wildman–Crippen MR) is 136 cm³/mol. The minimum atomic E-state index is -3.68. The Labute approximate surface area is 200 Å². The van der Waals surface area contributed by atoms with Gasteiger partial charge in [-0.25, -0.2) is 13.8 Å². The van der Waals surface area contributed by atoms with Gasteiger partial charge in [0.2, 0.25) is 10.0 Å². The van der Waals surface area contributed by atoms with Crippen molar-refractivity contribution >= 4 is 27.8 Å². The highest BCUT2D eigenvalue weighted by Crippen LogP contribution is 2.22. The molecule has 0 fully saturated rings. The van der Waals surface area contributed by atoms with E-state index in [4.69, 9.17) is 4.74 Å². The molecule has 0 atom stereocenters. The van der Waals surface area contributed by atoms with Crippen LogP contribution < -0.4 is 14.5 Å². The number of nitrogens with zero attached hydrogens (tertiary/aromatic N) is 3. The molecule has 1 amide bonds. The zero-order valence-electron chi connectivity index (χ0n) is 20.1. The predicted octanol–water partition coefficient (Wildman–Crippen LogP) is 3.72. The Morgan fingerprint density at radius 2 is 1.82 bits per heavy atom. The lowest BCUT2D eigenvalue weighted by Gasteiger charge is -2.21. The second-order valence-corrected chi connectivity index (χ2v) is 9.90. The van der Waals surface area contributed by atoms with Gasteiger partial charge in [0.15, 0.2) is 0 Å². The standard InChI is InChI=1S/C25H30N4O4S/c1-6-33-24-12-10-22(11-13-24)28(34(5,31)32)17-25(30)27-26-16-21-15-19(3)29(20(21)4)23-9-7-8-18(2)14-23/h7-16H,6,17H2,1-5H3,(H,27,30)/b26-16+. The highest BCUT2D eigenvalue weighted by atomic mass is 32.2. The molecule has 0 aliphatic heterocycles. The van der Waals surface area contributed by atoms with Crippen molar-refractivity contribution in [2.75, 3.05) is 23.7 Å². The summed E-state index contributed by atoms with van der Waals surface area (Å²) in [5.41, 5.74) is 7.88. The van der Waals surface area contributed by atoms with E-state index in [1.807, 2.05) is 52.0 Å². The number of carbonyl (C=O) groups is 1. The number of hydrazone groups is 1. The van der Waals surface area contributed by atoms with Gasteiger partial charge in [0.25, 0.3) is 5.91 Å². The number of hydrogen-bond donors (Lipinski definition) is 1. The van der Waals surface area contributed by atoms with E-state index in [0.29, 0.717) is 18.0 Å². The Morgan fingerprint density at radius 3 is 2.44 bits per heavy atom. The van der Waals surface area contributed by atoms with E-state index < -0.39 is 22.5 Å². The van der Waals surface area contributed by atoms with E-state index in [1.165, 1.54) is 0 Å². The van der Waals surface area contributed by atoms with Gasteiger partial charge in [0.1, 0.15) is 12.3 Å². The minimum absolute atomic E-state index is 0.367. The molecule has 0 radical (unpaired) electrons. The zero-order chi connectivity index (χ0) is 24.9. The van der Waals surface area contributed by atoms with Gasteiger partial charge in [-0.1, -0.05) is 12.1 Å². The molecule has 3 aromatic rings. The number of sulfonamides is 1. The fourth-order valence-corrected chi connectivity index (χ4v) is 4.55. The van der Waals surface area contributed by atoms with Crippen molar-refractivity contribution in [2.45, 2.75) is 27.7 Å². The van der Waals surface area contributed by atoms with Gasteiger partial charge in [-0.3, -0.25) is 9.10 Å². The van der Waals surface area contributed by atoms with Crippen molar-refractivity contribution in [3.05, 3.63) is 77.1 Å². The van der Waals surface area contributed by atoms with Crippen molar-refractivity contribution in [1.82, 2.24) is 9.99 Å². The first-order valence-electron chi connectivity index (χ1n) is 10.9. The zero-order valence-corrected chi connectivity index (χ0v) is 20.9. The van der Waals surface area contributed by atoms with Gasteiger partial charge in [0.05, 0.1) is 24.8 Å². The van der Waals surface area contributed by atoms with Crippen LogP contribution in [0.15, 0.2) is 59.7 Å². The average Bonchev–Trinajstić information content (AvgIpc) is 3.05. The molecule has 8 nitrogen and oxygen atoms in total. The van der Waals surface area contributed by atoms with Gasteiger partial charge in [-0.15, -0.1) is 0 Å². The lowest BCUT2D eigenvalue weighted by molar-refractivity contribution is -0.119. The van der Waals surface area contributed by atoms with Crippen molar-refractivity contribution in [3.63, 3.8) is 0 Å². The molecular weight excluding hydrogens is 452 g/mol. The number of rotatable bonds is 9. The van der Waals surface area contributed by atoms with E-state index in [9.17, 15) is 13.2 Å². The summed E-state index contributed by atoms with van der Waals surface area (Å²) in [5.74, 6) is 0.0695. The molecule has 9 heteroatoms. The summed E-state index contributed by atoms with van der Waals surface area (Å²) in [5, 5.41) is 4.06. The molecule has 34 heavy (non-hydrogen) atoms. The van der Waals surface area contributed by atoms with Crippen LogP contribution in [0.3, 0.4) is 0 Å². The number of benzene rings is 2. The highest BCUT2D eigenvalue weighted by Gasteiger charge is 2.21. The first-order chi connectivity index (χ1) is 16.1. The SMILES string of the molecule is CCOc1ccc(N(CC(=O)N/N=C/c2cc(C)n(-c3cccc(C)c3)c2C)S(C)(=O)=O)cc1. The van der Waals surface area contributed by atoms with Crippen LogP contribution in [-0.2, 0) is 14.8 Å². The molecule has 1 aromatic heterocycles. The highest BCUT2D eigenvalue weighted by molar-refractivity contribution is 7.92. The maximum absolute atomic E-state index is 12.5. The van der Waals surface area contributed by atoms with Crippen LogP contribution in [0.4, 0.5) is 5.69 Å². The maximum atomic E-state index is 12.5. The minimum Gasteiger partial charge on any atom is -0.494 e. The normalized spacial score (nSPS) is 11.6. The van der Waals surface area contributed by atoms with Crippen LogP contribution in [-0.4, -0.2) is 44.5 Å². The molecular formula is C25H30N4O4S. The fourth-order valence-electron chi connectivity index (χ4n) is 3.70. The van der Waals surface area contributed by atoms with E-state index in [-0.39, 0.29) is 0 Å². The number of carbonyl (C=O) groups excluding carboxylic acids is 1. The van der Waals surface area contributed by atoms with Crippen LogP contribution >= 0.6 is 0 Å². The average molecular weight is 483 g/mol. The van der Waals surface area contributed by atoms with E-state index in [2.05, 4.69) is 21.2 Å². The number of anilines is 1. The van der Waals surface area contributed by atoms with E-state index >= 15 is 0 Å². The Balaban J connectivity index is 1.72.